The maximum absolute atomic E-state index is 13.5. The quantitative estimate of drug-likeness (QED) is 0.604. The van der Waals surface area contributed by atoms with Gasteiger partial charge in [0.25, 0.3) is 0 Å². The first-order valence-electron chi connectivity index (χ1n) is 13.9. The van der Waals surface area contributed by atoms with E-state index in [2.05, 4.69) is 32.6 Å². The molecule has 4 rings (SSSR count). The lowest BCUT2D eigenvalue weighted by atomic mass is 9.67. The number of likely N-dealkylation sites (tertiary alicyclic amines) is 1. The van der Waals surface area contributed by atoms with Gasteiger partial charge in [-0.1, -0.05) is 26.7 Å². The van der Waals surface area contributed by atoms with Gasteiger partial charge in [0.05, 0.1) is 30.0 Å². The standard InChI is InChI=1S/C28H49NO5/c1-19(2)33-25-17-28(34-23-9-7-6-8-21(23)25)12-14-29(15-13-28)26(31)20-10-11-22(24(16-20)32-5)27(3,4)18-30/h19-25,30H,6-18H2,1-5H3/t20?,21?,22?,23?,24?,25-/m1/s1. The van der Waals surface area contributed by atoms with Gasteiger partial charge < -0.3 is 24.2 Å². The number of ether oxygens (including phenoxy) is 3. The number of nitrogens with zero attached hydrogens (tertiary/aromatic N) is 1. The Morgan fingerprint density at radius 2 is 1.82 bits per heavy atom. The van der Waals surface area contributed by atoms with Crippen LogP contribution in [0.4, 0.5) is 0 Å². The molecule has 6 nitrogen and oxygen atoms in total. The van der Waals surface area contributed by atoms with Gasteiger partial charge in [-0.15, -0.1) is 0 Å². The van der Waals surface area contributed by atoms with Crippen LogP contribution in [0.1, 0.15) is 91.9 Å². The van der Waals surface area contributed by atoms with Crippen LogP contribution in [0.3, 0.4) is 0 Å². The predicted molar refractivity (Wildman–Crippen MR) is 132 cm³/mol. The second-order valence-corrected chi connectivity index (χ2v) is 12.6. The third-order valence-corrected chi connectivity index (χ3v) is 9.49. The molecule has 196 valence electrons. The highest BCUT2D eigenvalue weighted by molar-refractivity contribution is 5.79. The number of amides is 1. The topological polar surface area (TPSA) is 68.2 Å². The zero-order chi connectivity index (χ0) is 24.5. The fraction of sp³-hybridized carbons (Fsp3) is 0.964. The normalized spacial score (nSPS) is 36.5. The summed E-state index contributed by atoms with van der Waals surface area (Å²) in [5.74, 6) is 1.13. The largest absolute Gasteiger partial charge is 0.396 e. The molecule has 34 heavy (non-hydrogen) atoms. The highest BCUT2D eigenvalue weighted by atomic mass is 16.5. The van der Waals surface area contributed by atoms with Crippen LogP contribution >= 0.6 is 0 Å². The molecule has 0 aromatic heterocycles. The Morgan fingerprint density at radius 3 is 2.47 bits per heavy atom. The van der Waals surface area contributed by atoms with Crippen LogP contribution in [-0.2, 0) is 19.0 Å². The first-order valence-corrected chi connectivity index (χ1v) is 13.9. The van der Waals surface area contributed by atoms with Crippen molar-refractivity contribution in [3.8, 4) is 0 Å². The molecule has 5 unspecified atom stereocenters. The number of carbonyl (C=O) groups excluding carboxylic acids is 1. The lowest BCUT2D eigenvalue weighted by Crippen LogP contribution is -2.58. The molecule has 6 atom stereocenters. The average molecular weight is 480 g/mol. The van der Waals surface area contributed by atoms with Gasteiger partial charge in [0.1, 0.15) is 0 Å². The Kier molecular flexibility index (Phi) is 8.33. The second-order valence-electron chi connectivity index (χ2n) is 12.6. The van der Waals surface area contributed by atoms with Gasteiger partial charge in [0, 0.05) is 45.1 Å². The molecule has 1 amide bonds. The molecule has 4 aliphatic rings. The summed E-state index contributed by atoms with van der Waals surface area (Å²) in [5, 5.41) is 9.85. The monoisotopic (exact) mass is 479 g/mol. The molecule has 0 radical (unpaired) electrons. The fourth-order valence-corrected chi connectivity index (χ4v) is 7.42. The van der Waals surface area contributed by atoms with Gasteiger partial charge in [-0.25, -0.2) is 0 Å². The summed E-state index contributed by atoms with van der Waals surface area (Å²) in [6, 6.07) is 0. The smallest absolute Gasteiger partial charge is 0.225 e. The summed E-state index contributed by atoms with van der Waals surface area (Å²) in [6.07, 6.45) is 11.2. The summed E-state index contributed by atoms with van der Waals surface area (Å²) in [5.41, 5.74) is -0.317. The van der Waals surface area contributed by atoms with Crippen molar-refractivity contribution in [1.82, 2.24) is 4.90 Å². The van der Waals surface area contributed by atoms with Crippen LogP contribution in [0.5, 0.6) is 0 Å². The minimum atomic E-state index is -0.184. The van der Waals surface area contributed by atoms with Gasteiger partial charge in [0.2, 0.25) is 5.91 Å². The van der Waals surface area contributed by atoms with E-state index in [4.69, 9.17) is 14.2 Å². The van der Waals surface area contributed by atoms with Gasteiger partial charge in [-0.05, 0) is 70.1 Å². The molecule has 1 N–H and O–H groups in total. The molecular weight excluding hydrogens is 430 g/mol. The van der Waals surface area contributed by atoms with Crippen LogP contribution in [-0.4, -0.2) is 72.7 Å². The van der Waals surface area contributed by atoms with Gasteiger partial charge >= 0.3 is 0 Å². The van der Waals surface area contributed by atoms with Gasteiger partial charge in [0.15, 0.2) is 0 Å². The number of fused-ring (bicyclic) bond motifs is 1. The van der Waals surface area contributed by atoms with Crippen molar-refractivity contribution in [3.05, 3.63) is 0 Å². The molecule has 2 aliphatic carbocycles. The molecule has 2 heterocycles. The van der Waals surface area contributed by atoms with Crippen molar-refractivity contribution >= 4 is 5.91 Å². The van der Waals surface area contributed by atoms with Crippen molar-refractivity contribution in [2.24, 2.45) is 23.2 Å². The summed E-state index contributed by atoms with van der Waals surface area (Å²) < 4.78 is 19.1. The SMILES string of the molecule is COC1CC(C(=O)N2CCC3(CC2)C[C@@H](OC(C)C)C2CCCCC2O3)CCC1C(C)(C)CO. The molecule has 2 aliphatic heterocycles. The van der Waals surface area contributed by atoms with Gasteiger partial charge in [-0.3, -0.25) is 4.79 Å². The third kappa shape index (κ3) is 5.50. The Hall–Kier alpha value is -0.690. The van der Waals surface area contributed by atoms with E-state index in [9.17, 15) is 9.90 Å². The van der Waals surface area contributed by atoms with Crippen LogP contribution in [0.25, 0.3) is 0 Å². The maximum atomic E-state index is 13.5. The van der Waals surface area contributed by atoms with E-state index in [1.165, 1.54) is 19.3 Å². The first-order chi connectivity index (χ1) is 16.2. The number of rotatable bonds is 6. The Bertz CT molecular complexity index is 686. The fourth-order valence-electron chi connectivity index (χ4n) is 7.42. The lowest BCUT2D eigenvalue weighted by molar-refractivity contribution is -0.232. The van der Waals surface area contributed by atoms with Gasteiger partial charge in [-0.2, -0.15) is 0 Å². The number of piperidine rings is 1. The summed E-state index contributed by atoms with van der Waals surface area (Å²) >= 11 is 0. The number of methoxy groups -OCH3 is 1. The van der Waals surface area contributed by atoms with E-state index in [-0.39, 0.29) is 47.8 Å². The highest BCUT2D eigenvalue weighted by Gasteiger charge is 2.50. The molecule has 2 saturated carbocycles. The Labute approximate surface area is 207 Å². The predicted octanol–water partition coefficient (Wildman–Crippen LogP) is 4.57. The maximum Gasteiger partial charge on any atom is 0.225 e. The van der Waals surface area contributed by atoms with Crippen molar-refractivity contribution in [1.29, 1.82) is 0 Å². The second kappa shape index (κ2) is 10.7. The van der Waals surface area contributed by atoms with Crippen molar-refractivity contribution in [2.45, 2.75) is 122 Å². The zero-order valence-electron chi connectivity index (χ0n) is 22.3. The molecule has 2 saturated heterocycles. The van der Waals surface area contributed by atoms with E-state index in [1.807, 2.05) is 0 Å². The molecule has 0 bridgehead atoms. The van der Waals surface area contributed by atoms with Crippen LogP contribution < -0.4 is 0 Å². The Morgan fingerprint density at radius 1 is 1.12 bits per heavy atom. The zero-order valence-corrected chi connectivity index (χ0v) is 22.3. The summed E-state index contributed by atoms with van der Waals surface area (Å²) in [7, 11) is 1.75. The van der Waals surface area contributed by atoms with Crippen LogP contribution in [0.2, 0.25) is 0 Å². The molecule has 0 aromatic carbocycles. The molecule has 1 spiro atoms. The van der Waals surface area contributed by atoms with Crippen molar-refractivity contribution < 1.29 is 24.1 Å². The number of carbonyl (C=O) groups is 1. The molecule has 6 heteroatoms. The molecular formula is C28H49NO5. The number of hydrogen-bond donors (Lipinski definition) is 1. The molecule has 4 fully saturated rings. The first kappa shape index (κ1) is 26.4. The number of aliphatic hydroxyl groups excluding tert-OH is 1. The van der Waals surface area contributed by atoms with Crippen molar-refractivity contribution in [3.63, 3.8) is 0 Å². The van der Waals surface area contributed by atoms with E-state index in [0.717, 1.165) is 58.0 Å². The minimum Gasteiger partial charge on any atom is -0.396 e. The van der Waals surface area contributed by atoms with Crippen LogP contribution in [0, 0.1) is 23.2 Å². The average Bonchev–Trinajstić information content (AvgIpc) is 2.83. The lowest BCUT2D eigenvalue weighted by Gasteiger charge is -2.53. The van der Waals surface area contributed by atoms with E-state index >= 15 is 0 Å². The summed E-state index contributed by atoms with van der Waals surface area (Å²) in [4.78, 5) is 15.6. The van der Waals surface area contributed by atoms with E-state index < -0.39 is 0 Å². The highest BCUT2D eigenvalue weighted by Crippen LogP contribution is 2.47. The van der Waals surface area contributed by atoms with Crippen LogP contribution in [0.15, 0.2) is 0 Å². The molecule has 0 aromatic rings. The van der Waals surface area contributed by atoms with E-state index in [1.54, 1.807) is 7.11 Å². The summed E-state index contributed by atoms with van der Waals surface area (Å²) in [6.45, 7) is 10.2. The third-order valence-electron chi connectivity index (χ3n) is 9.49. The number of aliphatic hydroxyl groups is 1. The van der Waals surface area contributed by atoms with E-state index in [0.29, 0.717) is 17.9 Å². The Balaban J connectivity index is 1.36. The van der Waals surface area contributed by atoms with Crippen molar-refractivity contribution in [2.75, 3.05) is 26.8 Å². The minimum absolute atomic E-state index is 0.0248. The number of hydrogen-bond acceptors (Lipinski definition) is 5.